The van der Waals surface area contributed by atoms with Gasteiger partial charge in [0.25, 0.3) is 6.71 Å². The van der Waals surface area contributed by atoms with E-state index in [0.29, 0.717) is 66.2 Å². The zero-order valence-corrected chi connectivity index (χ0v) is 36.5. The van der Waals surface area contributed by atoms with Gasteiger partial charge in [0.05, 0.1) is 11.3 Å². The zero-order chi connectivity index (χ0) is 44.3. The number of hydrogen-bond donors (Lipinski definition) is 0. The maximum Gasteiger partial charge on any atom is 0.296 e. The molecule has 290 valence electrons. The van der Waals surface area contributed by atoms with Crippen molar-refractivity contribution in [3.63, 3.8) is 0 Å². The molecular weight excluding hydrogens is 758 g/mol. The summed E-state index contributed by atoms with van der Waals surface area (Å²) < 4.78 is 7.21. The first-order valence-corrected chi connectivity index (χ1v) is 21.3. The van der Waals surface area contributed by atoms with E-state index in [-0.39, 0.29) is 5.41 Å². The van der Waals surface area contributed by atoms with Crippen molar-refractivity contribution in [1.29, 1.82) is 0 Å². The molecule has 0 spiro atoms. The molecule has 0 saturated carbocycles. The van der Waals surface area contributed by atoms with Gasteiger partial charge in [0.1, 0.15) is 52.7 Å². The van der Waals surface area contributed by atoms with E-state index in [2.05, 4.69) is 92.6 Å². The van der Waals surface area contributed by atoms with Crippen molar-refractivity contribution in [3.05, 3.63) is 145 Å². The number of para-hydroxylation sites is 4. The molecule has 63 heavy (non-hydrogen) atoms. The summed E-state index contributed by atoms with van der Waals surface area (Å²) >= 11 is 0. The average Bonchev–Trinajstić information content (AvgIpc) is 3.67. The minimum atomic E-state index is -0.611. The Morgan fingerprint density at radius 1 is 0.492 bits per heavy atom. The second-order valence-electron chi connectivity index (χ2n) is 18.7. The number of benzene rings is 7. The van der Waals surface area contributed by atoms with Crippen LogP contribution < -0.4 is 64.1 Å². The molecule has 0 aliphatic carbocycles. The summed E-state index contributed by atoms with van der Waals surface area (Å²) in [6.07, 6.45) is 0. The zero-order valence-electron chi connectivity index (χ0n) is 36.5. The highest BCUT2D eigenvalue weighted by Crippen LogP contribution is 2.48. The third-order valence-electron chi connectivity index (χ3n) is 12.7. The van der Waals surface area contributed by atoms with Crippen molar-refractivity contribution in [2.24, 2.45) is 0 Å². The molecule has 7 aromatic carbocycles. The van der Waals surface area contributed by atoms with Crippen LogP contribution in [0.1, 0.15) is 52.7 Å². The van der Waals surface area contributed by atoms with Gasteiger partial charge in [-0.2, -0.15) is 0 Å². The van der Waals surface area contributed by atoms with E-state index in [4.69, 9.17) is 51.5 Å². The monoisotopic (exact) mass is 799 g/mol. The molecule has 0 saturated heterocycles. The van der Waals surface area contributed by atoms with Crippen LogP contribution in [0.3, 0.4) is 0 Å². The van der Waals surface area contributed by atoms with Crippen LogP contribution in [0.25, 0.3) is 11.0 Å². The summed E-state index contributed by atoms with van der Waals surface area (Å²) in [5.41, 5.74) is 13.7. The lowest BCUT2D eigenvalue weighted by Gasteiger charge is -2.46. The standard InChI is InChI=1S/C52H40B7N3O/c1-51(2,3)29-27-34-44-35(28-29)62(33-25-17-10-18-26-33)48-43(58)47(60(30-19-11-7-12-20-30)31-21-13-8-14-22-31)41(56)40(55)45(48)59(44)50-46(61(34)32-23-15-9-16-24-32)36-38(53)37(52(4,5)6)39(54)42(57)49(36)63-50/h7-28H,1-6H3. The SMILES string of the molecule is [B]c1c([B])c(N(c2ccccc2)c2ccccc2)c([B])c2c1B1c3oc4c([B])c([B])c(C(C)(C)C)c([B])c4c3N(c3ccccc3)c3cc(C(C)(C)C)cc(c31)N2c1ccccc1. The lowest BCUT2D eigenvalue weighted by Crippen LogP contribution is -2.68. The van der Waals surface area contributed by atoms with Crippen molar-refractivity contribution in [3.8, 4) is 0 Å². The van der Waals surface area contributed by atoms with Crippen molar-refractivity contribution in [2.75, 3.05) is 14.7 Å². The van der Waals surface area contributed by atoms with E-state index in [1.807, 2.05) is 97.1 Å². The molecule has 2 aliphatic heterocycles. The van der Waals surface area contributed by atoms with Crippen LogP contribution in [-0.2, 0) is 10.8 Å². The first-order valence-electron chi connectivity index (χ1n) is 21.3. The van der Waals surface area contributed by atoms with Gasteiger partial charge in [0.15, 0.2) is 0 Å². The number of nitrogens with zero attached hydrogens (tertiary/aromatic N) is 3. The van der Waals surface area contributed by atoms with Gasteiger partial charge in [-0.1, -0.05) is 147 Å². The van der Waals surface area contributed by atoms with E-state index < -0.39 is 12.1 Å². The van der Waals surface area contributed by atoms with Gasteiger partial charge in [-0.05, 0) is 88.0 Å². The van der Waals surface area contributed by atoms with E-state index >= 15 is 0 Å². The van der Waals surface area contributed by atoms with Gasteiger partial charge in [0.2, 0.25) is 0 Å². The minimum absolute atomic E-state index is 0.281. The third kappa shape index (κ3) is 6.20. The van der Waals surface area contributed by atoms with Crippen LogP contribution in [-0.4, -0.2) is 53.8 Å². The highest BCUT2D eigenvalue weighted by molar-refractivity contribution is 7.02. The number of hydrogen-bond acceptors (Lipinski definition) is 4. The van der Waals surface area contributed by atoms with Gasteiger partial charge in [-0.15, -0.1) is 5.46 Å². The first-order chi connectivity index (χ1) is 30.1. The molecular formula is C52H40B7N3O. The summed E-state index contributed by atoms with van der Waals surface area (Å²) in [5, 5.41) is 0.682. The van der Waals surface area contributed by atoms with Crippen molar-refractivity contribution in [2.45, 2.75) is 52.4 Å². The van der Waals surface area contributed by atoms with Gasteiger partial charge in [-0.25, -0.2) is 0 Å². The van der Waals surface area contributed by atoms with E-state index in [9.17, 15) is 0 Å². The smallest absolute Gasteiger partial charge is 0.296 e. The molecule has 8 aromatic rings. The Hall–Kier alpha value is -6.07. The first kappa shape index (κ1) is 41.0. The Bertz CT molecular complexity index is 3070. The van der Waals surface area contributed by atoms with Crippen LogP contribution >= 0.6 is 0 Å². The fourth-order valence-corrected chi connectivity index (χ4v) is 9.83. The molecule has 0 unspecified atom stereocenters. The quantitative estimate of drug-likeness (QED) is 0.220. The molecule has 3 heterocycles. The second kappa shape index (κ2) is 14.8. The van der Waals surface area contributed by atoms with Gasteiger partial charge in [-0.3, -0.25) is 0 Å². The van der Waals surface area contributed by atoms with Crippen LogP contribution in [0.4, 0.5) is 51.2 Å². The minimum Gasteiger partial charge on any atom is -0.469 e. The Morgan fingerprint density at radius 2 is 0.968 bits per heavy atom. The highest BCUT2D eigenvalue weighted by atomic mass is 16.3. The maximum atomic E-state index is 7.76. The van der Waals surface area contributed by atoms with Crippen molar-refractivity contribution < 1.29 is 4.42 Å². The second-order valence-corrected chi connectivity index (χ2v) is 18.7. The molecule has 0 atom stereocenters. The van der Waals surface area contributed by atoms with E-state index in [1.54, 1.807) is 0 Å². The van der Waals surface area contributed by atoms with Gasteiger partial charge >= 0.3 is 0 Å². The normalized spacial score (nSPS) is 13.2. The number of rotatable bonds is 5. The number of anilines is 9. The Kier molecular flexibility index (Phi) is 9.60. The van der Waals surface area contributed by atoms with Crippen LogP contribution in [0, 0.1) is 0 Å². The summed E-state index contributed by atoms with van der Waals surface area (Å²) in [6.45, 7) is 12.4. The molecule has 11 heteroatoms. The number of furan rings is 1. The lowest BCUT2D eigenvalue weighted by molar-refractivity contribution is 0.590. The largest absolute Gasteiger partial charge is 0.469 e. The number of fused-ring (bicyclic) bond motifs is 6. The molecule has 10 rings (SSSR count). The summed E-state index contributed by atoms with van der Waals surface area (Å²) in [4.78, 5) is 6.60. The van der Waals surface area contributed by atoms with Gasteiger partial charge in [0, 0.05) is 50.9 Å². The molecule has 0 N–H and O–H groups in total. The predicted octanol–water partition coefficient (Wildman–Crippen LogP) is 5.34. The van der Waals surface area contributed by atoms with Crippen LogP contribution in [0.5, 0.6) is 0 Å². The Balaban J connectivity index is 1.41. The molecule has 0 bridgehead atoms. The Labute approximate surface area is 379 Å². The fraction of sp³-hybridized carbons (Fsp3) is 0.154. The lowest BCUT2D eigenvalue weighted by atomic mass is 9.33. The summed E-state index contributed by atoms with van der Waals surface area (Å²) in [6, 6.07) is 45.3. The predicted molar refractivity (Wildman–Crippen MR) is 275 cm³/mol. The molecule has 2 aliphatic rings. The summed E-state index contributed by atoms with van der Waals surface area (Å²) in [5.74, 6) is 0. The van der Waals surface area contributed by atoms with Crippen molar-refractivity contribution in [1.82, 2.24) is 0 Å². The maximum absolute atomic E-state index is 7.76. The summed E-state index contributed by atoms with van der Waals surface area (Å²) in [7, 11) is 44.1. The molecule has 0 fully saturated rings. The molecule has 12 radical (unpaired) electrons. The topological polar surface area (TPSA) is 22.9 Å². The average molecular weight is 799 g/mol. The van der Waals surface area contributed by atoms with Crippen LogP contribution in [0.2, 0.25) is 0 Å². The van der Waals surface area contributed by atoms with E-state index in [0.717, 1.165) is 56.4 Å². The molecule has 4 nitrogen and oxygen atoms in total. The van der Waals surface area contributed by atoms with E-state index in [1.165, 1.54) is 0 Å². The Morgan fingerprint density at radius 3 is 1.44 bits per heavy atom. The fourth-order valence-electron chi connectivity index (χ4n) is 9.83. The van der Waals surface area contributed by atoms with Crippen LogP contribution in [0.15, 0.2) is 138 Å². The highest BCUT2D eigenvalue weighted by Gasteiger charge is 2.49. The van der Waals surface area contributed by atoms with Crippen molar-refractivity contribution >= 4 is 165 Å². The van der Waals surface area contributed by atoms with Gasteiger partial charge < -0.3 is 19.1 Å². The molecule has 1 aromatic heterocycles. The third-order valence-corrected chi connectivity index (χ3v) is 12.7. The molecule has 0 amide bonds.